The Morgan fingerprint density at radius 1 is 1.41 bits per heavy atom. The summed E-state index contributed by atoms with van der Waals surface area (Å²) in [6.45, 7) is 7.81. The Morgan fingerprint density at radius 2 is 2.07 bits per heavy atom. The van der Waals surface area contributed by atoms with Gasteiger partial charge in [-0.15, -0.1) is 11.3 Å². The van der Waals surface area contributed by atoms with Crippen LogP contribution in [0.25, 0.3) is 10.4 Å². The number of hydrogen-bond acceptors (Lipinski definition) is 7. The molecule has 0 fully saturated rings. The second kappa shape index (κ2) is 11.0. The first-order chi connectivity index (χ1) is 12.7. The molecule has 0 radical (unpaired) electrons. The van der Waals surface area contributed by atoms with Gasteiger partial charge in [-0.2, -0.15) is 0 Å². The quantitative estimate of drug-likeness (QED) is 0.258. The molecule has 1 rings (SSSR count). The monoisotopic (exact) mass is 396 g/mol. The minimum absolute atomic E-state index is 0.0345. The normalized spacial score (nSPS) is 15.5. The topological polar surface area (TPSA) is 125 Å². The summed E-state index contributed by atoms with van der Waals surface area (Å²) in [7, 11) is 1.27. The van der Waals surface area contributed by atoms with Crippen LogP contribution >= 0.6 is 11.3 Å². The first-order valence-electron chi connectivity index (χ1n) is 9.03. The molecule has 0 aliphatic carbocycles. The predicted molar refractivity (Wildman–Crippen MR) is 103 cm³/mol. The van der Waals surface area contributed by atoms with Gasteiger partial charge in [-0.25, -0.2) is 9.78 Å². The van der Waals surface area contributed by atoms with Crippen molar-refractivity contribution >= 4 is 23.1 Å². The van der Waals surface area contributed by atoms with Gasteiger partial charge in [0.25, 0.3) is 0 Å². The second-order valence-corrected chi connectivity index (χ2v) is 7.91. The molecule has 0 spiro atoms. The maximum Gasteiger partial charge on any atom is 0.357 e. The summed E-state index contributed by atoms with van der Waals surface area (Å²) in [6.07, 6.45) is 0.411. The number of ketones is 1. The van der Waals surface area contributed by atoms with Gasteiger partial charge in [0.1, 0.15) is 16.9 Å². The predicted octanol–water partition coefficient (Wildman–Crippen LogP) is 4.31. The van der Waals surface area contributed by atoms with E-state index in [2.05, 4.69) is 19.7 Å². The number of aromatic nitrogens is 1. The lowest BCUT2D eigenvalue weighted by Gasteiger charge is -2.25. The number of aliphatic hydroxyl groups is 1. The van der Waals surface area contributed by atoms with Gasteiger partial charge in [-0.05, 0) is 29.7 Å². The Balaban J connectivity index is 2.86. The molecule has 1 aromatic heterocycles. The summed E-state index contributed by atoms with van der Waals surface area (Å²) in [5.74, 6) is -0.646. The van der Waals surface area contributed by atoms with Gasteiger partial charge in [-0.1, -0.05) is 39.2 Å². The molecular weight excluding hydrogens is 368 g/mol. The van der Waals surface area contributed by atoms with Gasteiger partial charge in [-0.3, -0.25) is 4.79 Å². The van der Waals surface area contributed by atoms with Crippen molar-refractivity contribution in [2.45, 2.75) is 59.1 Å². The number of carbonyl (C=O) groups excluding carboxylic acids is 2. The second-order valence-electron chi connectivity index (χ2n) is 7.02. The van der Waals surface area contributed by atoms with Crippen LogP contribution in [-0.4, -0.2) is 35.0 Å². The number of esters is 1. The van der Waals surface area contributed by atoms with E-state index in [4.69, 9.17) is 5.53 Å². The zero-order chi connectivity index (χ0) is 20.6. The van der Waals surface area contributed by atoms with Crippen LogP contribution in [0, 0.1) is 17.8 Å². The SMILES string of the molecule is CC[C@H](C)[C@H](N=[N+]=[N-])C(=O)C[C@H](C[C@@H](O)c1nc(C(=O)OC)cs1)C(C)C. The number of nitrogens with zero attached hydrogens (tertiary/aromatic N) is 4. The van der Waals surface area contributed by atoms with Crippen LogP contribution in [0.4, 0.5) is 0 Å². The molecule has 1 aromatic rings. The first-order valence-corrected chi connectivity index (χ1v) is 9.91. The molecule has 0 unspecified atom stereocenters. The number of ether oxygens (including phenoxy) is 1. The number of rotatable bonds is 11. The Morgan fingerprint density at radius 3 is 2.59 bits per heavy atom. The molecule has 8 nitrogen and oxygen atoms in total. The maximum atomic E-state index is 12.7. The number of thiazole rings is 1. The van der Waals surface area contributed by atoms with Gasteiger partial charge in [0.15, 0.2) is 5.69 Å². The van der Waals surface area contributed by atoms with Gasteiger partial charge >= 0.3 is 5.97 Å². The number of methoxy groups -OCH3 is 1. The molecule has 0 saturated carbocycles. The molecule has 0 aromatic carbocycles. The van der Waals surface area contributed by atoms with Gasteiger partial charge in [0, 0.05) is 16.7 Å². The molecule has 4 atom stereocenters. The molecule has 9 heteroatoms. The zero-order valence-electron chi connectivity index (χ0n) is 16.5. The third-order valence-electron chi connectivity index (χ3n) is 4.82. The fourth-order valence-corrected chi connectivity index (χ4v) is 3.56. The van der Waals surface area contributed by atoms with Gasteiger partial charge in [0.2, 0.25) is 0 Å². The highest BCUT2D eigenvalue weighted by atomic mass is 32.1. The van der Waals surface area contributed by atoms with Crippen molar-refractivity contribution in [2.75, 3.05) is 7.11 Å². The largest absolute Gasteiger partial charge is 0.464 e. The average Bonchev–Trinajstić information content (AvgIpc) is 3.14. The van der Waals surface area contributed by atoms with Crippen molar-refractivity contribution in [1.82, 2.24) is 4.98 Å². The lowest BCUT2D eigenvalue weighted by molar-refractivity contribution is -0.122. The van der Waals surface area contributed by atoms with Crippen LogP contribution in [0.5, 0.6) is 0 Å². The standard InChI is InChI=1S/C18H28N4O4S/c1-6-11(4)16(21-22-19)14(23)7-12(10(2)3)8-15(24)17-20-13(9-27-17)18(25)26-5/h9-12,15-16,24H,6-8H2,1-5H3/t11-,12+,15+,16-/m0/s1. The number of carbonyl (C=O) groups is 2. The van der Waals surface area contributed by atoms with Gasteiger partial charge < -0.3 is 9.84 Å². The molecule has 0 amide bonds. The highest BCUT2D eigenvalue weighted by Crippen LogP contribution is 2.31. The maximum absolute atomic E-state index is 12.7. The molecule has 0 aliphatic rings. The van der Waals surface area contributed by atoms with Crippen LogP contribution in [-0.2, 0) is 9.53 Å². The fraction of sp³-hybridized carbons (Fsp3) is 0.722. The summed E-state index contributed by atoms with van der Waals surface area (Å²) in [6, 6.07) is -0.691. The average molecular weight is 397 g/mol. The van der Waals surface area contributed by atoms with E-state index in [1.165, 1.54) is 18.4 Å². The van der Waals surface area contributed by atoms with E-state index in [0.717, 1.165) is 6.42 Å². The lowest BCUT2D eigenvalue weighted by Crippen LogP contribution is -2.29. The number of azide groups is 1. The van der Waals surface area contributed by atoms with Crippen LogP contribution in [0.3, 0.4) is 0 Å². The molecule has 27 heavy (non-hydrogen) atoms. The highest BCUT2D eigenvalue weighted by molar-refractivity contribution is 7.09. The fourth-order valence-electron chi connectivity index (χ4n) is 2.77. The third kappa shape index (κ3) is 6.61. The Hall–Kier alpha value is -1.96. The Labute approximate surface area is 163 Å². The first kappa shape index (κ1) is 23.1. The van der Waals surface area contributed by atoms with Crippen molar-refractivity contribution in [3.8, 4) is 0 Å². The summed E-state index contributed by atoms with van der Waals surface area (Å²) >= 11 is 1.18. The zero-order valence-corrected chi connectivity index (χ0v) is 17.3. The van der Waals surface area contributed by atoms with Crippen molar-refractivity contribution in [2.24, 2.45) is 22.9 Å². The summed E-state index contributed by atoms with van der Waals surface area (Å²) in [5, 5.41) is 16.2. The van der Waals surface area contributed by atoms with E-state index in [1.807, 2.05) is 27.7 Å². The number of aliphatic hydroxyl groups excluding tert-OH is 1. The van der Waals surface area contributed by atoms with E-state index < -0.39 is 18.1 Å². The molecule has 150 valence electrons. The van der Waals surface area contributed by atoms with Crippen molar-refractivity contribution < 1.29 is 19.4 Å². The Bertz CT molecular complexity index is 685. The van der Waals surface area contributed by atoms with Crippen LogP contribution < -0.4 is 0 Å². The summed E-state index contributed by atoms with van der Waals surface area (Å²) in [5.41, 5.74) is 8.92. The molecule has 1 N–H and O–H groups in total. The molecule has 0 bridgehead atoms. The van der Waals surface area contributed by atoms with Crippen molar-refractivity contribution in [3.63, 3.8) is 0 Å². The van der Waals surface area contributed by atoms with Gasteiger partial charge in [0.05, 0.1) is 13.2 Å². The number of hydrogen-bond donors (Lipinski definition) is 1. The van der Waals surface area contributed by atoms with E-state index >= 15 is 0 Å². The van der Waals surface area contributed by atoms with Crippen LogP contribution in [0.2, 0.25) is 0 Å². The van der Waals surface area contributed by atoms with Crippen molar-refractivity contribution in [1.29, 1.82) is 0 Å². The van der Waals surface area contributed by atoms with Crippen LogP contribution in [0.15, 0.2) is 10.5 Å². The molecular formula is C18H28N4O4S. The smallest absolute Gasteiger partial charge is 0.357 e. The summed E-state index contributed by atoms with van der Waals surface area (Å²) < 4.78 is 4.62. The minimum Gasteiger partial charge on any atom is -0.464 e. The summed E-state index contributed by atoms with van der Waals surface area (Å²) in [4.78, 5) is 31.1. The van der Waals surface area contributed by atoms with Crippen molar-refractivity contribution in [3.05, 3.63) is 26.5 Å². The Kier molecular flexibility index (Phi) is 9.41. The highest BCUT2D eigenvalue weighted by Gasteiger charge is 2.29. The lowest BCUT2D eigenvalue weighted by atomic mass is 9.82. The van der Waals surface area contributed by atoms with Crippen LogP contribution in [0.1, 0.15) is 68.6 Å². The third-order valence-corrected chi connectivity index (χ3v) is 5.77. The van der Waals surface area contributed by atoms with E-state index in [1.54, 1.807) is 5.38 Å². The van der Waals surface area contributed by atoms with E-state index in [-0.39, 0.29) is 35.7 Å². The minimum atomic E-state index is -0.880. The molecule has 0 saturated heterocycles. The molecule has 0 aliphatic heterocycles. The number of Topliss-reactive ketones (excluding diaryl/α,β-unsaturated/α-hetero) is 1. The van der Waals surface area contributed by atoms with E-state index in [0.29, 0.717) is 11.4 Å². The molecule has 1 heterocycles. The van der Waals surface area contributed by atoms with E-state index in [9.17, 15) is 14.7 Å².